The molecular weight excluding hydrogens is 137 g/mol. The Morgan fingerprint density at radius 1 is 1.89 bits per heavy atom. The molecule has 0 aliphatic rings. The first-order valence-electron chi connectivity index (χ1n) is 2.87. The summed E-state index contributed by atoms with van der Waals surface area (Å²) in [5.41, 5.74) is 0. The van der Waals surface area contributed by atoms with E-state index < -0.39 is 5.97 Å². The highest BCUT2D eigenvalue weighted by molar-refractivity contribution is 7.34. The van der Waals surface area contributed by atoms with Crippen molar-refractivity contribution in [3.63, 3.8) is 0 Å². The standard InChI is InChI=1S/C5H12NO2P/c1-3-4(5(7)8)6-9-2/h4,6,9H,3H2,1-2H3,(H,7,8). The highest BCUT2D eigenvalue weighted by atomic mass is 31.1. The first kappa shape index (κ1) is 8.86. The highest BCUT2D eigenvalue weighted by Gasteiger charge is 2.11. The second kappa shape index (κ2) is 4.71. The quantitative estimate of drug-likeness (QED) is 0.577. The van der Waals surface area contributed by atoms with Gasteiger partial charge in [0.2, 0.25) is 0 Å². The van der Waals surface area contributed by atoms with Crippen molar-refractivity contribution < 1.29 is 9.90 Å². The van der Waals surface area contributed by atoms with E-state index in [-0.39, 0.29) is 6.04 Å². The maximum Gasteiger partial charge on any atom is 0.320 e. The van der Waals surface area contributed by atoms with Gasteiger partial charge < -0.3 is 5.11 Å². The van der Waals surface area contributed by atoms with Gasteiger partial charge in [-0.25, -0.2) is 0 Å². The van der Waals surface area contributed by atoms with Gasteiger partial charge >= 0.3 is 5.97 Å². The molecule has 9 heavy (non-hydrogen) atoms. The fourth-order valence-electron chi connectivity index (χ4n) is 0.513. The lowest BCUT2D eigenvalue weighted by Gasteiger charge is -2.08. The molecule has 0 aliphatic carbocycles. The van der Waals surface area contributed by atoms with Crippen LogP contribution in [0.4, 0.5) is 0 Å². The number of aliphatic carboxylic acids is 1. The van der Waals surface area contributed by atoms with Crippen LogP contribution in [0.15, 0.2) is 0 Å². The minimum atomic E-state index is -0.758. The van der Waals surface area contributed by atoms with Crippen molar-refractivity contribution >= 4 is 14.7 Å². The van der Waals surface area contributed by atoms with E-state index in [4.69, 9.17) is 5.11 Å². The van der Waals surface area contributed by atoms with Crippen molar-refractivity contribution in [2.75, 3.05) is 6.66 Å². The minimum absolute atomic E-state index is 0.353. The zero-order valence-corrected chi connectivity index (χ0v) is 6.64. The van der Waals surface area contributed by atoms with Crippen molar-refractivity contribution in [3.8, 4) is 0 Å². The molecule has 3 nitrogen and oxygen atoms in total. The van der Waals surface area contributed by atoms with Gasteiger partial charge in [-0.3, -0.25) is 9.88 Å². The van der Waals surface area contributed by atoms with Crippen LogP contribution in [0.3, 0.4) is 0 Å². The molecule has 0 saturated heterocycles. The zero-order chi connectivity index (χ0) is 7.28. The van der Waals surface area contributed by atoms with E-state index in [1.165, 1.54) is 0 Å². The fourth-order valence-corrected chi connectivity index (χ4v) is 1.19. The van der Waals surface area contributed by atoms with Gasteiger partial charge in [0.15, 0.2) is 0 Å². The van der Waals surface area contributed by atoms with Crippen LogP contribution >= 0.6 is 8.73 Å². The molecule has 0 aromatic rings. The molecular formula is C5H12NO2P. The predicted octanol–water partition coefficient (Wildman–Crippen LogP) is 0.662. The summed E-state index contributed by atoms with van der Waals surface area (Å²) in [5, 5.41) is 11.3. The normalized spacial score (nSPS) is 14.4. The van der Waals surface area contributed by atoms with Crippen LogP contribution in [0.25, 0.3) is 0 Å². The molecule has 0 radical (unpaired) electrons. The summed E-state index contributed by atoms with van der Waals surface area (Å²) in [5.74, 6) is -0.758. The SMILES string of the molecule is CCC(NPC)C(=O)O. The number of carbonyl (C=O) groups is 1. The molecule has 0 rings (SSSR count). The van der Waals surface area contributed by atoms with Crippen molar-refractivity contribution in [2.45, 2.75) is 19.4 Å². The Bertz CT molecular complexity index is 97.0. The van der Waals surface area contributed by atoms with Crippen LogP contribution in [-0.2, 0) is 4.79 Å². The predicted molar refractivity (Wildman–Crippen MR) is 39.1 cm³/mol. The largest absolute Gasteiger partial charge is 0.480 e. The van der Waals surface area contributed by atoms with Gasteiger partial charge in [-0.05, 0) is 13.1 Å². The van der Waals surface area contributed by atoms with Gasteiger partial charge in [-0.15, -0.1) is 0 Å². The smallest absolute Gasteiger partial charge is 0.320 e. The van der Waals surface area contributed by atoms with Crippen molar-refractivity contribution in [2.24, 2.45) is 0 Å². The average molecular weight is 149 g/mol. The Balaban J connectivity index is 3.54. The lowest BCUT2D eigenvalue weighted by molar-refractivity contribution is -0.138. The van der Waals surface area contributed by atoms with Crippen LogP contribution in [0, 0.1) is 0 Å². The number of rotatable bonds is 4. The van der Waals surface area contributed by atoms with Crippen molar-refractivity contribution in [1.29, 1.82) is 0 Å². The minimum Gasteiger partial charge on any atom is -0.480 e. The molecule has 2 N–H and O–H groups in total. The van der Waals surface area contributed by atoms with Crippen molar-refractivity contribution in [3.05, 3.63) is 0 Å². The lowest BCUT2D eigenvalue weighted by atomic mass is 10.2. The van der Waals surface area contributed by atoms with Gasteiger partial charge in [0.1, 0.15) is 6.04 Å². The second-order valence-corrected chi connectivity index (χ2v) is 2.48. The number of hydrogen-bond donors (Lipinski definition) is 2. The summed E-state index contributed by atoms with van der Waals surface area (Å²) < 4.78 is 0. The maximum absolute atomic E-state index is 10.3. The molecule has 0 spiro atoms. The number of nitrogens with one attached hydrogen (secondary N) is 1. The zero-order valence-electron chi connectivity index (χ0n) is 5.64. The van der Waals surface area contributed by atoms with Gasteiger partial charge in [0.25, 0.3) is 0 Å². The van der Waals surface area contributed by atoms with Gasteiger partial charge in [0.05, 0.1) is 0 Å². The summed E-state index contributed by atoms with van der Waals surface area (Å²) in [6, 6.07) is -0.353. The third-order valence-corrected chi connectivity index (χ3v) is 1.66. The summed E-state index contributed by atoms with van der Waals surface area (Å²) in [4.78, 5) is 10.3. The summed E-state index contributed by atoms with van der Waals surface area (Å²) in [6.07, 6.45) is 0.649. The topological polar surface area (TPSA) is 49.3 Å². The average Bonchev–Trinajstić information content (AvgIpc) is 1.82. The van der Waals surface area contributed by atoms with Crippen molar-refractivity contribution in [1.82, 2.24) is 5.09 Å². The Morgan fingerprint density at radius 3 is 2.56 bits per heavy atom. The van der Waals surface area contributed by atoms with Crippen LogP contribution in [0.1, 0.15) is 13.3 Å². The van der Waals surface area contributed by atoms with Crippen LogP contribution < -0.4 is 5.09 Å². The van der Waals surface area contributed by atoms with E-state index in [1.54, 1.807) is 0 Å². The molecule has 0 saturated carbocycles. The Labute approximate surface area is 56.7 Å². The van der Waals surface area contributed by atoms with E-state index >= 15 is 0 Å². The number of hydrogen-bond acceptors (Lipinski definition) is 2. The summed E-state index contributed by atoms with van der Waals surface area (Å²) in [6.45, 7) is 3.78. The van der Waals surface area contributed by atoms with Gasteiger partial charge in [0, 0.05) is 0 Å². The van der Waals surface area contributed by atoms with Crippen LogP contribution in [0.5, 0.6) is 0 Å². The summed E-state index contributed by atoms with van der Waals surface area (Å²) in [7, 11) is 0.507. The molecule has 0 aliphatic heterocycles. The van der Waals surface area contributed by atoms with E-state index in [1.807, 2.05) is 13.6 Å². The lowest BCUT2D eigenvalue weighted by Crippen LogP contribution is -2.30. The first-order chi connectivity index (χ1) is 4.22. The third kappa shape index (κ3) is 3.44. The molecule has 0 heterocycles. The number of carboxylic acid groups (broad SMARTS) is 1. The van der Waals surface area contributed by atoms with E-state index in [9.17, 15) is 4.79 Å². The van der Waals surface area contributed by atoms with Crippen LogP contribution in [-0.4, -0.2) is 23.8 Å². The molecule has 2 atom stereocenters. The molecule has 54 valence electrons. The van der Waals surface area contributed by atoms with Gasteiger partial charge in [-0.2, -0.15) is 0 Å². The van der Waals surface area contributed by atoms with E-state index in [0.717, 1.165) is 0 Å². The summed E-state index contributed by atoms with van der Waals surface area (Å²) >= 11 is 0. The first-order valence-corrected chi connectivity index (χ1v) is 4.37. The second-order valence-electron chi connectivity index (χ2n) is 1.69. The fraction of sp³-hybridized carbons (Fsp3) is 0.800. The molecule has 0 aromatic heterocycles. The van der Waals surface area contributed by atoms with Crippen LogP contribution in [0.2, 0.25) is 0 Å². The molecule has 2 unspecified atom stereocenters. The molecule has 0 fully saturated rings. The maximum atomic E-state index is 10.3. The monoisotopic (exact) mass is 149 g/mol. The van der Waals surface area contributed by atoms with E-state index in [0.29, 0.717) is 15.2 Å². The number of carboxylic acids is 1. The molecule has 0 amide bonds. The van der Waals surface area contributed by atoms with Gasteiger partial charge in [-0.1, -0.05) is 15.7 Å². The molecule has 0 aromatic carbocycles. The van der Waals surface area contributed by atoms with E-state index in [2.05, 4.69) is 5.09 Å². The third-order valence-electron chi connectivity index (χ3n) is 1.02. The molecule has 0 bridgehead atoms. The Morgan fingerprint density at radius 2 is 2.44 bits per heavy atom. The Hall–Kier alpha value is -0.140. The molecule has 4 heteroatoms. The Kier molecular flexibility index (Phi) is 4.64. The highest BCUT2D eigenvalue weighted by Crippen LogP contribution is 2.00.